The second kappa shape index (κ2) is 49.0. The number of benzene rings is 12. The van der Waals surface area contributed by atoms with E-state index < -0.39 is 0 Å². The Hall–Kier alpha value is -14.4. The van der Waals surface area contributed by atoms with E-state index >= 15 is 0 Å². The van der Waals surface area contributed by atoms with Crippen molar-refractivity contribution in [3.63, 3.8) is 0 Å². The van der Waals surface area contributed by atoms with Crippen LogP contribution in [0.2, 0.25) is 0 Å². The topological polar surface area (TPSA) is 156 Å². The molecule has 141 heavy (non-hydrogen) atoms. The molecule has 0 saturated carbocycles. The molecule has 12 aromatic heterocycles. The van der Waals surface area contributed by atoms with Gasteiger partial charge in [-0.25, -0.2) is 0 Å². The number of furan rings is 4. The third kappa shape index (κ3) is 25.8. The Labute approximate surface area is 877 Å². The van der Waals surface area contributed by atoms with Crippen LogP contribution in [0.5, 0.6) is 0 Å². The van der Waals surface area contributed by atoms with Crippen LogP contribution in [-0.2, 0) is 80.4 Å². The van der Waals surface area contributed by atoms with Crippen molar-refractivity contribution in [2.45, 2.75) is 90.0 Å². The number of rotatable bonds is 8. The second-order valence-corrected chi connectivity index (χ2v) is 34.1. The summed E-state index contributed by atoms with van der Waals surface area (Å²) >= 11 is 0. The molecule has 0 unspecified atom stereocenters. The molecule has 4 radical (unpaired) electrons. The number of fused-ring (bicyclic) bond motifs is 12. The maximum atomic E-state index is 6.12. The summed E-state index contributed by atoms with van der Waals surface area (Å²) in [5.74, 6) is 0. The summed E-state index contributed by atoms with van der Waals surface area (Å²) < 4.78 is 24.2. The zero-order valence-electron chi connectivity index (χ0n) is 80.1. The van der Waals surface area contributed by atoms with Crippen molar-refractivity contribution < 1.29 is 98.1 Å². The molecule has 12 heterocycles. The van der Waals surface area contributed by atoms with Crippen molar-refractivity contribution in [1.82, 2.24) is 39.9 Å². The second-order valence-electron chi connectivity index (χ2n) is 34.1. The average molecular weight is 2550 g/mol. The smallest absolute Gasteiger partial charge is 0.120 e. The van der Waals surface area contributed by atoms with Gasteiger partial charge < -0.3 is 57.5 Å². The molecule has 0 bridgehead atoms. The average Bonchev–Trinajstić information content (AvgIpc) is 1.61. The summed E-state index contributed by atoms with van der Waals surface area (Å²) in [4.78, 5) is 35.1. The Morgan fingerprint density at radius 2 is 0.539 bits per heavy atom. The van der Waals surface area contributed by atoms with Gasteiger partial charge in [0.2, 0.25) is 0 Å². The van der Waals surface area contributed by atoms with Crippen molar-refractivity contribution in [2.75, 3.05) is 0 Å². The molecule has 0 aliphatic heterocycles. The number of pyridine rings is 8. The first-order valence-corrected chi connectivity index (χ1v) is 45.4. The number of para-hydroxylation sites is 3. The molecule has 0 fully saturated rings. The van der Waals surface area contributed by atoms with E-state index in [1.54, 1.807) is 12.4 Å². The Balaban J connectivity index is 0.000000136. The fourth-order valence-electron chi connectivity index (χ4n) is 16.0. The van der Waals surface area contributed by atoms with Crippen LogP contribution in [-0.4, -0.2) is 39.9 Å². The van der Waals surface area contributed by atoms with Crippen molar-refractivity contribution in [2.24, 2.45) is 0 Å². The molecule has 12 aromatic carbocycles. The van der Waals surface area contributed by atoms with Crippen LogP contribution in [0.1, 0.15) is 72.3 Å². The van der Waals surface area contributed by atoms with Crippen molar-refractivity contribution in [1.29, 1.82) is 0 Å². The number of hydrogen-bond acceptors (Lipinski definition) is 12. The predicted octanol–water partition coefficient (Wildman–Crippen LogP) is 32.0. The van der Waals surface area contributed by atoms with Gasteiger partial charge in [0.1, 0.15) is 22.3 Å². The largest absolute Gasteiger partial charge is 0.501 e. The van der Waals surface area contributed by atoms with Gasteiger partial charge in [0.15, 0.2) is 0 Å². The van der Waals surface area contributed by atoms with Crippen LogP contribution >= 0.6 is 0 Å². The summed E-state index contributed by atoms with van der Waals surface area (Å²) in [5, 5.41) is 9.06. The predicted molar refractivity (Wildman–Crippen MR) is 559 cm³/mol. The van der Waals surface area contributed by atoms with Gasteiger partial charge in [0, 0.05) is 152 Å². The van der Waals surface area contributed by atoms with Gasteiger partial charge in [-0.1, -0.05) is 247 Å². The minimum absolute atomic E-state index is 0. The molecule has 0 aliphatic carbocycles. The molecule has 0 spiro atoms. The summed E-state index contributed by atoms with van der Waals surface area (Å²) in [7, 11) is 0. The van der Waals surface area contributed by atoms with Gasteiger partial charge in [0.25, 0.3) is 0 Å². The minimum Gasteiger partial charge on any atom is -0.501 e. The van der Waals surface area contributed by atoms with E-state index in [2.05, 4.69) is 255 Å². The quantitative estimate of drug-likeness (QED) is 0.133. The SMILES string of the molecule is Cc1[c-]c(-c2cc(C)ccn2)c2oc3ccc(C)cc3c2c1.Cc1cc[c-]c(-c2cc(C)ccn2)c1.Cc1cc[c-]c(-c2ccccn2)c1.Cc1cc[c-]c(-c2ccccn2)c1.Cc1ccc(-c2[c-]cc(C)c3c2oc2ccccc23)nc1.Cc1ccc(-c2[c-]ccc(C)c2)nc1.Cc1ccc(-c2[c-]ccc3c2oc2ccccc23)nc1.Cc1ccnc(-c2[c-]ccc3c2oc2ccccc23)c1.[Ir].[Ir].[Ir].[Ir]. The van der Waals surface area contributed by atoms with Gasteiger partial charge >= 0.3 is 0 Å². The van der Waals surface area contributed by atoms with Gasteiger partial charge in [0.05, 0.1) is 22.3 Å². The van der Waals surface area contributed by atoms with Crippen molar-refractivity contribution in [3.05, 3.63) is 480 Å². The molecule has 0 aliphatic rings. The maximum Gasteiger partial charge on any atom is 0.120 e. The van der Waals surface area contributed by atoms with E-state index in [9.17, 15) is 0 Å². The Kier molecular flexibility index (Phi) is 36.1. The normalized spacial score (nSPS) is 10.5. The molecule has 24 aromatic rings. The molecule has 12 nitrogen and oxygen atoms in total. The van der Waals surface area contributed by atoms with E-state index in [1.165, 1.54) is 55.6 Å². The zero-order valence-corrected chi connectivity index (χ0v) is 89.7. The number of aromatic nitrogens is 8. The van der Waals surface area contributed by atoms with Crippen LogP contribution in [0.25, 0.3) is 178 Å². The van der Waals surface area contributed by atoms with E-state index in [-0.39, 0.29) is 80.4 Å². The van der Waals surface area contributed by atoms with Crippen molar-refractivity contribution >= 4 is 87.8 Å². The summed E-state index contributed by atoms with van der Waals surface area (Å²) in [6.07, 6.45) is 14.7. The number of hydrogen-bond donors (Lipinski definition) is 0. The third-order valence-electron chi connectivity index (χ3n) is 22.9. The first-order valence-electron chi connectivity index (χ1n) is 45.4. The molecule has 16 heteroatoms. The standard InChI is InChI=1S/C20H16NO.C19H14NO.2C18H12NO.2C13H12N.2C12H10N.4Ir/c1-12-4-5-19-15(8-12)16-9-14(3)10-17(20(16)22-19)18-11-13(2)6-7-21-18;1-12-7-10-16(20-11-12)14-9-8-13(2)18-15-5-3-4-6-17(15)21-19(14)18;1-12-9-10-19-16(11-12)15-7-4-6-14-13-5-2-3-8-17(13)20-18(14)15;1-12-9-10-16(19-11-12)15-7-4-6-14-13-5-2-3-8-17(13)20-18(14)15;1-10-4-3-5-12(8-10)13-9-11(2)6-7-14-13;1-10-4-3-5-12(8-10)13-7-6-11(2)9-14-13;2*1-10-5-4-6-11(9-10)12-7-2-3-8-13-12;;;;/h4-9,11H,1-3H3;3-8,10-11H,1-2H3;2*2-6,8-11H,1H3;2*3-4,6-9H,1-2H3;2*2-5,7-9H,1H3;;;;/q8*-1;;;;. The summed E-state index contributed by atoms with van der Waals surface area (Å²) in [6, 6.07) is 129. The Morgan fingerprint density at radius 3 is 0.972 bits per heavy atom. The van der Waals surface area contributed by atoms with E-state index in [0.29, 0.717) is 0 Å². The maximum absolute atomic E-state index is 6.12. The van der Waals surface area contributed by atoms with Crippen LogP contribution < -0.4 is 0 Å². The van der Waals surface area contributed by atoms with Gasteiger partial charge in [-0.15, -0.1) is 213 Å². The molecule has 0 saturated heterocycles. The molecular weight excluding hydrogens is 2450 g/mol. The van der Waals surface area contributed by atoms with Gasteiger partial charge in [-0.05, 0) is 171 Å². The fourth-order valence-corrected chi connectivity index (χ4v) is 16.0. The van der Waals surface area contributed by atoms with Crippen molar-refractivity contribution in [3.8, 4) is 90.1 Å². The number of aryl methyl sites for hydroxylation is 13. The number of nitrogens with zero attached hydrogens (tertiary/aromatic N) is 8. The van der Waals surface area contributed by atoms with Crippen LogP contribution in [0.15, 0.2) is 377 Å². The minimum atomic E-state index is 0. The summed E-state index contributed by atoms with van der Waals surface area (Å²) in [6.45, 7) is 26.8. The molecule has 0 atom stereocenters. The van der Waals surface area contributed by atoms with E-state index in [0.717, 1.165) is 195 Å². The third-order valence-corrected chi connectivity index (χ3v) is 22.9. The van der Waals surface area contributed by atoms with Crippen LogP contribution in [0.3, 0.4) is 0 Å². The van der Waals surface area contributed by atoms with E-state index in [1.807, 2.05) is 270 Å². The molecular formula is C125H98Ir4N8O4-8. The fraction of sp³-hybridized carbons (Fsp3) is 0.104. The summed E-state index contributed by atoms with van der Waals surface area (Å²) in [5.41, 5.74) is 38.0. The Bertz CT molecular complexity index is 8210. The molecule has 24 rings (SSSR count). The van der Waals surface area contributed by atoms with Gasteiger partial charge in [-0.2, -0.15) is 0 Å². The van der Waals surface area contributed by atoms with Gasteiger partial charge in [-0.3, -0.25) is 0 Å². The zero-order chi connectivity index (χ0) is 94.8. The molecule has 706 valence electrons. The monoisotopic (exact) mass is 2550 g/mol. The Morgan fingerprint density at radius 1 is 0.206 bits per heavy atom. The van der Waals surface area contributed by atoms with Crippen LogP contribution in [0, 0.1) is 139 Å². The molecule has 0 N–H and O–H groups in total. The molecule has 0 amide bonds. The van der Waals surface area contributed by atoms with Crippen LogP contribution in [0.4, 0.5) is 0 Å². The first kappa shape index (κ1) is 104. The first-order chi connectivity index (χ1) is 66.7. The van der Waals surface area contributed by atoms with E-state index in [4.69, 9.17) is 17.7 Å².